The number of carbonyl (C=O) groups excluding carboxylic acids is 1. The van der Waals surface area contributed by atoms with Crippen molar-refractivity contribution < 1.29 is 9.18 Å². The Morgan fingerprint density at radius 1 is 1.17 bits per heavy atom. The van der Waals surface area contributed by atoms with Crippen molar-refractivity contribution in [2.75, 3.05) is 36.8 Å². The molecule has 2 amide bonds. The SMILES string of the molecule is CCNC(=O)Nc1nc2c(F)c(-c3cnc(NCC4CCNCC4)nc3)cc(-c3ccccn3)c2s1. The minimum absolute atomic E-state index is 0.165. The number of hydrogen-bond acceptors (Lipinski definition) is 8. The van der Waals surface area contributed by atoms with Crippen LogP contribution in [0.5, 0.6) is 0 Å². The number of aromatic nitrogens is 4. The maximum absolute atomic E-state index is 15.8. The van der Waals surface area contributed by atoms with E-state index in [9.17, 15) is 4.79 Å². The van der Waals surface area contributed by atoms with Gasteiger partial charge in [0.15, 0.2) is 10.9 Å². The summed E-state index contributed by atoms with van der Waals surface area (Å²) in [6.07, 6.45) is 7.16. The van der Waals surface area contributed by atoms with Gasteiger partial charge in [-0.05, 0) is 57.0 Å². The average molecular weight is 507 g/mol. The second-order valence-corrected chi connectivity index (χ2v) is 9.55. The smallest absolute Gasteiger partial charge is 0.321 e. The normalized spacial score (nSPS) is 14.1. The average Bonchev–Trinajstić information content (AvgIpc) is 3.33. The highest BCUT2D eigenvalue weighted by Crippen LogP contribution is 2.40. The Labute approximate surface area is 212 Å². The van der Waals surface area contributed by atoms with E-state index in [4.69, 9.17) is 0 Å². The Balaban J connectivity index is 1.48. The van der Waals surface area contributed by atoms with Crippen molar-refractivity contribution in [3.63, 3.8) is 0 Å². The lowest BCUT2D eigenvalue weighted by Gasteiger charge is -2.22. The van der Waals surface area contributed by atoms with Crippen molar-refractivity contribution in [2.45, 2.75) is 19.8 Å². The van der Waals surface area contributed by atoms with Crippen LogP contribution in [0.25, 0.3) is 32.6 Å². The summed E-state index contributed by atoms with van der Waals surface area (Å²) in [7, 11) is 0. The van der Waals surface area contributed by atoms with Crippen LogP contribution in [-0.4, -0.2) is 52.1 Å². The summed E-state index contributed by atoms with van der Waals surface area (Å²) in [6.45, 7) is 5.16. The first-order valence-electron chi connectivity index (χ1n) is 12.0. The van der Waals surface area contributed by atoms with Crippen LogP contribution in [0.3, 0.4) is 0 Å². The van der Waals surface area contributed by atoms with E-state index in [1.54, 1.807) is 24.7 Å². The van der Waals surface area contributed by atoms with Crippen molar-refractivity contribution in [3.8, 4) is 22.4 Å². The third-order valence-electron chi connectivity index (χ3n) is 6.07. The molecule has 0 unspecified atom stereocenters. The molecule has 186 valence electrons. The minimum atomic E-state index is -0.496. The molecule has 0 radical (unpaired) electrons. The fourth-order valence-electron chi connectivity index (χ4n) is 4.21. The molecule has 5 rings (SSSR count). The van der Waals surface area contributed by atoms with Crippen LogP contribution >= 0.6 is 11.3 Å². The van der Waals surface area contributed by atoms with E-state index >= 15 is 4.39 Å². The number of nitrogens with one attached hydrogen (secondary N) is 4. The molecule has 3 aromatic heterocycles. The van der Waals surface area contributed by atoms with Crippen molar-refractivity contribution in [2.24, 2.45) is 5.92 Å². The number of carbonyl (C=O) groups is 1. The van der Waals surface area contributed by atoms with Gasteiger partial charge in [-0.1, -0.05) is 17.4 Å². The van der Waals surface area contributed by atoms with E-state index in [2.05, 4.69) is 41.2 Å². The third kappa shape index (κ3) is 5.26. The number of amides is 2. The zero-order chi connectivity index (χ0) is 24.9. The van der Waals surface area contributed by atoms with E-state index in [0.717, 1.165) is 38.0 Å². The first-order valence-corrected chi connectivity index (χ1v) is 12.8. The lowest BCUT2D eigenvalue weighted by Crippen LogP contribution is -2.31. The molecule has 0 spiro atoms. The molecule has 1 saturated heterocycles. The Morgan fingerprint density at radius 2 is 1.97 bits per heavy atom. The molecule has 0 aliphatic carbocycles. The quantitative estimate of drug-likeness (QED) is 0.291. The Kier molecular flexibility index (Phi) is 7.28. The van der Waals surface area contributed by atoms with E-state index < -0.39 is 11.8 Å². The van der Waals surface area contributed by atoms with Gasteiger partial charge in [-0.2, -0.15) is 0 Å². The molecule has 0 saturated carbocycles. The van der Waals surface area contributed by atoms with Crippen LogP contribution in [0.1, 0.15) is 19.8 Å². The van der Waals surface area contributed by atoms with E-state index in [1.165, 1.54) is 11.3 Å². The zero-order valence-corrected chi connectivity index (χ0v) is 20.7. The molecule has 1 aliphatic rings. The predicted molar refractivity (Wildman–Crippen MR) is 141 cm³/mol. The van der Waals surface area contributed by atoms with Gasteiger partial charge in [-0.3, -0.25) is 10.3 Å². The fourth-order valence-corrected chi connectivity index (χ4v) is 5.19. The van der Waals surface area contributed by atoms with E-state index in [-0.39, 0.29) is 5.52 Å². The van der Waals surface area contributed by atoms with Crippen molar-refractivity contribution in [1.82, 2.24) is 30.6 Å². The first-order chi connectivity index (χ1) is 17.6. The molecular formula is C25H27FN8OS. The number of halogens is 1. The van der Waals surface area contributed by atoms with Crippen LogP contribution < -0.4 is 21.3 Å². The number of hydrogen-bond donors (Lipinski definition) is 4. The summed E-state index contributed by atoms with van der Waals surface area (Å²) in [5.74, 6) is 0.608. The predicted octanol–water partition coefficient (Wildman–Crippen LogP) is 4.51. The minimum Gasteiger partial charge on any atom is -0.354 e. The summed E-state index contributed by atoms with van der Waals surface area (Å²) in [4.78, 5) is 29.7. The van der Waals surface area contributed by atoms with Crippen molar-refractivity contribution in [3.05, 3.63) is 48.7 Å². The summed E-state index contributed by atoms with van der Waals surface area (Å²) in [5, 5.41) is 12.3. The van der Waals surface area contributed by atoms with Crippen LogP contribution in [-0.2, 0) is 0 Å². The van der Waals surface area contributed by atoms with Gasteiger partial charge in [0.05, 0.1) is 10.4 Å². The summed E-state index contributed by atoms with van der Waals surface area (Å²) in [5.41, 5.74) is 2.42. The highest BCUT2D eigenvalue weighted by Gasteiger charge is 2.21. The monoisotopic (exact) mass is 506 g/mol. The molecule has 36 heavy (non-hydrogen) atoms. The molecule has 1 aliphatic heterocycles. The number of urea groups is 1. The van der Waals surface area contributed by atoms with Crippen LogP contribution in [0.4, 0.5) is 20.3 Å². The molecular weight excluding hydrogens is 479 g/mol. The van der Waals surface area contributed by atoms with Gasteiger partial charge in [0, 0.05) is 48.4 Å². The van der Waals surface area contributed by atoms with Crippen LogP contribution in [0.15, 0.2) is 42.9 Å². The van der Waals surface area contributed by atoms with Gasteiger partial charge in [0.1, 0.15) is 5.52 Å². The van der Waals surface area contributed by atoms with Crippen LogP contribution in [0, 0.1) is 11.7 Å². The number of benzene rings is 1. The standard InChI is InChI=1S/C25H27FN8OS/c1-2-28-24(35)34-25-33-21-20(26)17(11-18(22(21)36-25)19-5-3-4-8-29-19)16-13-31-23(32-14-16)30-12-15-6-9-27-10-7-15/h3-5,8,11,13-15,27H,2,6-7,9-10,12H2,1H3,(H,30,31,32)(H2,28,33,34,35). The Bertz CT molecular complexity index is 1340. The number of rotatable bonds is 7. The van der Waals surface area contributed by atoms with Gasteiger partial charge in [0.25, 0.3) is 0 Å². The number of nitrogens with zero attached hydrogens (tertiary/aromatic N) is 4. The molecule has 11 heteroatoms. The molecule has 0 atom stereocenters. The Morgan fingerprint density at radius 3 is 2.69 bits per heavy atom. The molecule has 4 aromatic rings. The summed E-state index contributed by atoms with van der Waals surface area (Å²) < 4.78 is 16.4. The van der Waals surface area contributed by atoms with E-state index in [1.807, 2.05) is 25.1 Å². The lowest BCUT2D eigenvalue weighted by molar-refractivity contribution is 0.252. The molecule has 1 fully saturated rings. The fraction of sp³-hybridized carbons (Fsp3) is 0.320. The van der Waals surface area contributed by atoms with Gasteiger partial charge in [-0.15, -0.1) is 0 Å². The van der Waals surface area contributed by atoms with Crippen LogP contribution in [0.2, 0.25) is 0 Å². The van der Waals surface area contributed by atoms with Gasteiger partial charge < -0.3 is 16.0 Å². The number of piperidine rings is 1. The second kappa shape index (κ2) is 10.9. The van der Waals surface area contributed by atoms with Crippen molar-refractivity contribution >= 4 is 38.7 Å². The van der Waals surface area contributed by atoms with E-state index in [0.29, 0.717) is 45.1 Å². The maximum Gasteiger partial charge on any atom is 0.321 e. The Hall–Kier alpha value is -3.70. The maximum atomic E-state index is 15.8. The molecule has 9 nitrogen and oxygen atoms in total. The largest absolute Gasteiger partial charge is 0.354 e. The number of pyridine rings is 1. The molecule has 1 aromatic carbocycles. The first kappa shape index (κ1) is 24.0. The lowest BCUT2D eigenvalue weighted by atomic mass is 9.98. The number of thiazole rings is 1. The molecule has 0 bridgehead atoms. The third-order valence-corrected chi connectivity index (χ3v) is 7.08. The van der Waals surface area contributed by atoms with Gasteiger partial charge in [-0.25, -0.2) is 24.1 Å². The van der Waals surface area contributed by atoms with Gasteiger partial charge >= 0.3 is 6.03 Å². The molecule has 4 N–H and O–H groups in total. The summed E-state index contributed by atoms with van der Waals surface area (Å²) in [6, 6.07) is 6.91. The highest BCUT2D eigenvalue weighted by atomic mass is 32.1. The second-order valence-electron chi connectivity index (χ2n) is 8.55. The van der Waals surface area contributed by atoms with Crippen molar-refractivity contribution in [1.29, 1.82) is 0 Å². The zero-order valence-electron chi connectivity index (χ0n) is 19.8. The highest BCUT2D eigenvalue weighted by molar-refractivity contribution is 7.22. The number of fused-ring (bicyclic) bond motifs is 1. The van der Waals surface area contributed by atoms with Gasteiger partial charge in [0.2, 0.25) is 5.95 Å². The topological polar surface area (TPSA) is 117 Å². The number of anilines is 2. The molecule has 4 heterocycles. The summed E-state index contributed by atoms with van der Waals surface area (Å²) >= 11 is 1.20.